The van der Waals surface area contributed by atoms with Gasteiger partial charge in [0.15, 0.2) is 0 Å². The van der Waals surface area contributed by atoms with Gasteiger partial charge in [-0.15, -0.1) is 0 Å². The first kappa shape index (κ1) is 13.7. The van der Waals surface area contributed by atoms with Crippen LogP contribution in [0.4, 0.5) is 0 Å². The highest BCUT2D eigenvalue weighted by atomic mass is 16.3. The summed E-state index contributed by atoms with van der Waals surface area (Å²) < 4.78 is 0. The fourth-order valence-electron chi connectivity index (χ4n) is 4.19. The molecule has 1 aromatic carbocycles. The second kappa shape index (κ2) is 4.65. The first-order chi connectivity index (χ1) is 9.40. The van der Waals surface area contributed by atoms with Gasteiger partial charge in [-0.25, -0.2) is 0 Å². The SMILES string of the molecule is CC(C)c1cc2c(cc1O)C1CCCC(C)(C)C1C=C2. The van der Waals surface area contributed by atoms with Gasteiger partial charge in [0.05, 0.1) is 0 Å². The van der Waals surface area contributed by atoms with Crippen LogP contribution in [0.25, 0.3) is 6.08 Å². The molecule has 1 saturated carbocycles. The average molecular weight is 270 g/mol. The summed E-state index contributed by atoms with van der Waals surface area (Å²) >= 11 is 0. The molecular formula is C19H26O. The third-order valence-electron chi connectivity index (χ3n) is 5.41. The van der Waals surface area contributed by atoms with Crippen molar-refractivity contribution in [2.24, 2.45) is 11.3 Å². The Kier molecular flexibility index (Phi) is 3.19. The fraction of sp³-hybridized carbons (Fsp3) is 0.579. The number of aromatic hydroxyl groups is 1. The molecule has 2 atom stereocenters. The highest BCUT2D eigenvalue weighted by molar-refractivity contribution is 5.62. The Bertz CT molecular complexity index is 551. The van der Waals surface area contributed by atoms with Crippen molar-refractivity contribution in [3.8, 4) is 5.75 Å². The number of phenolic OH excluding ortho intramolecular Hbond substituents is 1. The van der Waals surface area contributed by atoms with Gasteiger partial charge >= 0.3 is 0 Å². The van der Waals surface area contributed by atoms with Gasteiger partial charge in [-0.1, -0.05) is 46.3 Å². The van der Waals surface area contributed by atoms with E-state index in [0.29, 0.717) is 28.9 Å². The van der Waals surface area contributed by atoms with Crippen LogP contribution >= 0.6 is 0 Å². The minimum absolute atomic E-state index is 0.370. The maximum atomic E-state index is 10.3. The van der Waals surface area contributed by atoms with Crippen LogP contribution in [0, 0.1) is 11.3 Å². The molecular weight excluding hydrogens is 244 g/mol. The molecule has 0 bridgehead atoms. The Labute approximate surface area is 122 Å². The smallest absolute Gasteiger partial charge is 0.119 e. The molecule has 0 aliphatic heterocycles. The summed E-state index contributed by atoms with van der Waals surface area (Å²) in [6.07, 6.45) is 8.58. The molecule has 3 rings (SSSR count). The predicted octanol–water partition coefficient (Wildman–Crippen LogP) is 5.45. The van der Waals surface area contributed by atoms with Crippen LogP contribution in [0.1, 0.15) is 75.5 Å². The molecule has 0 amide bonds. The van der Waals surface area contributed by atoms with Crippen molar-refractivity contribution in [3.05, 3.63) is 34.9 Å². The molecule has 2 aliphatic rings. The van der Waals surface area contributed by atoms with Crippen LogP contribution in [0.3, 0.4) is 0 Å². The number of phenols is 1. The van der Waals surface area contributed by atoms with E-state index in [9.17, 15) is 5.11 Å². The molecule has 0 heterocycles. The minimum atomic E-state index is 0.370. The molecule has 1 aromatic rings. The minimum Gasteiger partial charge on any atom is -0.508 e. The Morgan fingerprint density at radius 2 is 2.00 bits per heavy atom. The van der Waals surface area contributed by atoms with Gasteiger partial charge in [-0.05, 0) is 64.8 Å². The summed E-state index contributed by atoms with van der Waals surface area (Å²) in [5.74, 6) is 2.06. The van der Waals surface area contributed by atoms with Crippen molar-refractivity contribution in [1.29, 1.82) is 0 Å². The summed E-state index contributed by atoms with van der Waals surface area (Å²) in [4.78, 5) is 0. The van der Waals surface area contributed by atoms with Crippen LogP contribution in [0.15, 0.2) is 18.2 Å². The van der Waals surface area contributed by atoms with Gasteiger partial charge in [0.2, 0.25) is 0 Å². The van der Waals surface area contributed by atoms with E-state index in [1.807, 2.05) is 6.07 Å². The lowest BCUT2D eigenvalue weighted by Gasteiger charge is -2.45. The first-order valence-electron chi connectivity index (χ1n) is 7.95. The van der Waals surface area contributed by atoms with Crippen molar-refractivity contribution in [2.45, 2.75) is 58.8 Å². The maximum absolute atomic E-state index is 10.3. The molecule has 2 unspecified atom stereocenters. The first-order valence-corrected chi connectivity index (χ1v) is 7.95. The molecule has 108 valence electrons. The Morgan fingerprint density at radius 3 is 2.70 bits per heavy atom. The van der Waals surface area contributed by atoms with Crippen LogP contribution in [-0.4, -0.2) is 5.11 Å². The van der Waals surface area contributed by atoms with E-state index in [-0.39, 0.29) is 0 Å². The zero-order valence-corrected chi connectivity index (χ0v) is 13.1. The number of hydrogen-bond acceptors (Lipinski definition) is 1. The highest BCUT2D eigenvalue weighted by Gasteiger charge is 2.40. The lowest BCUT2D eigenvalue weighted by Crippen LogP contribution is -2.34. The largest absolute Gasteiger partial charge is 0.508 e. The normalized spacial score (nSPS) is 27.2. The van der Waals surface area contributed by atoms with Gasteiger partial charge in [-0.3, -0.25) is 0 Å². The second-order valence-electron chi connectivity index (χ2n) is 7.57. The monoisotopic (exact) mass is 270 g/mol. The lowest BCUT2D eigenvalue weighted by molar-refractivity contribution is 0.150. The van der Waals surface area contributed by atoms with Crippen LogP contribution in [0.5, 0.6) is 5.75 Å². The molecule has 2 aliphatic carbocycles. The average Bonchev–Trinajstić information content (AvgIpc) is 2.37. The van der Waals surface area contributed by atoms with Crippen LogP contribution in [0.2, 0.25) is 0 Å². The molecule has 1 nitrogen and oxygen atoms in total. The van der Waals surface area contributed by atoms with Gasteiger partial charge in [-0.2, -0.15) is 0 Å². The van der Waals surface area contributed by atoms with E-state index >= 15 is 0 Å². The Hall–Kier alpha value is -1.24. The molecule has 20 heavy (non-hydrogen) atoms. The summed E-state index contributed by atoms with van der Waals surface area (Å²) in [6, 6.07) is 4.25. The quantitative estimate of drug-likeness (QED) is 0.719. The van der Waals surface area contributed by atoms with Gasteiger partial charge in [0, 0.05) is 0 Å². The molecule has 0 radical (unpaired) electrons. The number of fused-ring (bicyclic) bond motifs is 3. The summed E-state index contributed by atoms with van der Waals surface area (Å²) in [5.41, 5.74) is 4.14. The van der Waals surface area contributed by atoms with E-state index in [1.165, 1.54) is 30.4 Å². The molecule has 1 heteroatoms. The highest BCUT2D eigenvalue weighted by Crippen LogP contribution is 2.52. The molecule has 1 fully saturated rings. The molecule has 0 saturated heterocycles. The van der Waals surface area contributed by atoms with E-state index in [4.69, 9.17) is 0 Å². The Morgan fingerprint density at radius 1 is 1.25 bits per heavy atom. The van der Waals surface area contributed by atoms with Crippen LogP contribution in [-0.2, 0) is 0 Å². The van der Waals surface area contributed by atoms with Crippen molar-refractivity contribution in [1.82, 2.24) is 0 Å². The number of benzene rings is 1. The number of allylic oxidation sites excluding steroid dienone is 1. The molecule has 0 aromatic heterocycles. The Balaban J connectivity index is 2.08. The van der Waals surface area contributed by atoms with Crippen LogP contribution < -0.4 is 0 Å². The molecule has 1 N–H and O–H groups in total. The summed E-state index contributed by atoms with van der Waals surface area (Å²) in [5, 5.41) is 10.3. The lowest BCUT2D eigenvalue weighted by atomic mass is 9.59. The fourth-order valence-corrected chi connectivity index (χ4v) is 4.19. The zero-order chi connectivity index (χ0) is 14.5. The zero-order valence-electron chi connectivity index (χ0n) is 13.1. The second-order valence-corrected chi connectivity index (χ2v) is 7.57. The van der Waals surface area contributed by atoms with E-state index in [0.717, 1.165) is 5.56 Å². The van der Waals surface area contributed by atoms with E-state index < -0.39 is 0 Å². The molecule has 0 spiro atoms. The van der Waals surface area contributed by atoms with E-state index in [1.54, 1.807) is 0 Å². The maximum Gasteiger partial charge on any atom is 0.119 e. The van der Waals surface area contributed by atoms with Gasteiger partial charge < -0.3 is 5.11 Å². The van der Waals surface area contributed by atoms with Crippen molar-refractivity contribution >= 4 is 6.08 Å². The van der Waals surface area contributed by atoms with E-state index in [2.05, 4.69) is 45.9 Å². The summed E-state index contributed by atoms with van der Waals surface area (Å²) in [7, 11) is 0. The third-order valence-corrected chi connectivity index (χ3v) is 5.41. The third kappa shape index (κ3) is 2.08. The number of hydrogen-bond donors (Lipinski definition) is 1. The predicted molar refractivity (Wildman–Crippen MR) is 85.1 cm³/mol. The summed E-state index contributed by atoms with van der Waals surface area (Å²) in [6.45, 7) is 9.06. The topological polar surface area (TPSA) is 20.2 Å². The van der Waals surface area contributed by atoms with Crippen molar-refractivity contribution in [2.75, 3.05) is 0 Å². The number of rotatable bonds is 1. The standard InChI is InChI=1S/C19H26O/c1-12(2)15-10-13-7-8-17-14(16(13)11-18(15)20)6-5-9-19(17,3)4/h7-8,10-12,14,17,20H,5-6,9H2,1-4H3. The van der Waals surface area contributed by atoms with Gasteiger partial charge in [0.25, 0.3) is 0 Å². The van der Waals surface area contributed by atoms with Gasteiger partial charge in [0.1, 0.15) is 5.75 Å². The van der Waals surface area contributed by atoms with Crippen molar-refractivity contribution < 1.29 is 5.11 Å². The van der Waals surface area contributed by atoms with Crippen molar-refractivity contribution in [3.63, 3.8) is 0 Å².